The number of amides is 1. The summed E-state index contributed by atoms with van der Waals surface area (Å²) in [5.41, 5.74) is 1.41. The summed E-state index contributed by atoms with van der Waals surface area (Å²) in [7, 11) is 0. The first-order valence-electron chi connectivity index (χ1n) is 7.67. The summed E-state index contributed by atoms with van der Waals surface area (Å²) >= 11 is 0. The zero-order valence-corrected chi connectivity index (χ0v) is 12.6. The number of halogens is 1. The van der Waals surface area contributed by atoms with Crippen molar-refractivity contribution in [3.05, 3.63) is 29.8 Å². The molecule has 2 aromatic rings. The number of aromatic amines is 1. The highest BCUT2D eigenvalue weighted by Crippen LogP contribution is 2.20. The number of carbonyl (C=O) groups excluding carboxylic acids is 1. The topological polar surface area (TPSA) is 67.0 Å². The maximum atomic E-state index is 13.1. The van der Waals surface area contributed by atoms with Crippen LogP contribution in [0.4, 0.5) is 4.39 Å². The number of fused-ring (bicyclic) bond motifs is 1. The highest BCUT2D eigenvalue weighted by atomic mass is 19.1. The number of rotatable bonds is 4. The molecule has 0 spiro atoms. The zero-order valence-electron chi connectivity index (χ0n) is 12.6. The number of imidazole rings is 1. The van der Waals surface area contributed by atoms with Crippen molar-refractivity contribution >= 4 is 16.9 Å². The average molecular weight is 305 g/mol. The van der Waals surface area contributed by atoms with Gasteiger partial charge in [-0.25, -0.2) is 9.37 Å². The van der Waals surface area contributed by atoms with E-state index in [0.717, 1.165) is 30.8 Å². The molecule has 1 saturated heterocycles. The molecule has 5 nitrogen and oxygen atoms in total. The van der Waals surface area contributed by atoms with Crippen molar-refractivity contribution in [2.24, 2.45) is 5.92 Å². The molecule has 0 unspecified atom stereocenters. The van der Waals surface area contributed by atoms with Crippen LogP contribution < -0.4 is 5.32 Å². The second kappa shape index (κ2) is 6.44. The number of nitrogens with zero attached hydrogens (tertiary/aromatic N) is 1. The molecule has 6 heteroatoms. The van der Waals surface area contributed by atoms with Crippen LogP contribution in [0.2, 0.25) is 0 Å². The van der Waals surface area contributed by atoms with Gasteiger partial charge in [-0.2, -0.15) is 0 Å². The van der Waals surface area contributed by atoms with E-state index < -0.39 is 0 Å². The van der Waals surface area contributed by atoms with Crippen LogP contribution in [0.15, 0.2) is 18.2 Å². The fourth-order valence-corrected chi connectivity index (χ4v) is 2.86. The van der Waals surface area contributed by atoms with Crippen LogP contribution in [0, 0.1) is 11.7 Å². The van der Waals surface area contributed by atoms with Gasteiger partial charge in [-0.1, -0.05) is 0 Å². The maximum Gasteiger partial charge on any atom is 0.225 e. The number of nitrogens with one attached hydrogen (secondary N) is 2. The monoisotopic (exact) mass is 305 g/mol. The number of ether oxygens (including phenoxy) is 1. The first-order valence-corrected chi connectivity index (χ1v) is 7.67. The molecule has 1 aromatic heterocycles. The van der Waals surface area contributed by atoms with Crippen LogP contribution in [0.5, 0.6) is 0 Å². The fraction of sp³-hybridized carbons (Fsp3) is 0.500. The molecule has 118 valence electrons. The molecule has 1 amide bonds. The van der Waals surface area contributed by atoms with Gasteiger partial charge in [-0.05, 0) is 38.0 Å². The molecule has 1 aromatic carbocycles. The molecule has 0 radical (unpaired) electrons. The summed E-state index contributed by atoms with van der Waals surface area (Å²) in [6.45, 7) is 3.18. The molecule has 2 N–H and O–H groups in total. The third kappa shape index (κ3) is 3.27. The Hall–Kier alpha value is -1.95. The fourth-order valence-electron chi connectivity index (χ4n) is 2.86. The summed E-state index contributed by atoms with van der Waals surface area (Å²) < 4.78 is 18.6. The molecule has 0 aliphatic carbocycles. The Morgan fingerprint density at radius 1 is 1.55 bits per heavy atom. The van der Waals surface area contributed by atoms with Gasteiger partial charge in [0.1, 0.15) is 11.6 Å². The van der Waals surface area contributed by atoms with Crippen LogP contribution in [-0.2, 0) is 16.0 Å². The van der Waals surface area contributed by atoms with Gasteiger partial charge in [0.15, 0.2) is 0 Å². The lowest BCUT2D eigenvalue weighted by Gasteiger charge is -2.27. The van der Waals surface area contributed by atoms with Gasteiger partial charge < -0.3 is 15.0 Å². The van der Waals surface area contributed by atoms with Crippen LogP contribution in [-0.4, -0.2) is 35.1 Å². The van der Waals surface area contributed by atoms with Gasteiger partial charge in [-0.3, -0.25) is 4.79 Å². The van der Waals surface area contributed by atoms with E-state index >= 15 is 0 Å². The quantitative estimate of drug-likeness (QED) is 0.910. The van der Waals surface area contributed by atoms with Crippen molar-refractivity contribution in [2.45, 2.75) is 32.3 Å². The third-order valence-electron chi connectivity index (χ3n) is 4.10. The third-order valence-corrected chi connectivity index (χ3v) is 4.10. The minimum atomic E-state index is -0.290. The summed E-state index contributed by atoms with van der Waals surface area (Å²) in [6.07, 6.45) is 2.36. The van der Waals surface area contributed by atoms with Gasteiger partial charge in [0, 0.05) is 19.6 Å². The van der Waals surface area contributed by atoms with Crippen molar-refractivity contribution in [1.82, 2.24) is 15.3 Å². The highest BCUT2D eigenvalue weighted by Gasteiger charge is 2.28. The lowest BCUT2D eigenvalue weighted by atomic mass is 9.94. The normalized spacial score (nSPS) is 21.9. The lowest BCUT2D eigenvalue weighted by Crippen LogP contribution is -2.40. The Kier molecular flexibility index (Phi) is 4.38. The van der Waals surface area contributed by atoms with E-state index in [1.165, 1.54) is 12.1 Å². The zero-order chi connectivity index (χ0) is 15.5. The van der Waals surface area contributed by atoms with Crippen LogP contribution in [0.25, 0.3) is 11.0 Å². The first-order chi connectivity index (χ1) is 10.6. The number of aromatic nitrogens is 2. The minimum Gasteiger partial charge on any atom is -0.378 e. The Morgan fingerprint density at radius 2 is 2.41 bits per heavy atom. The molecule has 1 fully saturated rings. The Bertz CT molecular complexity index is 670. The van der Waals surface area contributed by atoms with Crippen molar-refractivity contribution in [2.75, 3.05) is 13.2 Å². The summed E-state index contributed by atoms with van der Waals surface area (Å²) in [5, 5.41) is 2.93. The second-order valence-electron chi connectivity index (χ2n) is 5.71. The lowest BCUT2D eigenvalue weighted by molar-refractivity contribution is -0.133. The van der Waals surface area contributed by atoms with Crippen LogP contribution in [0.3, 0.4) is 0 Å². The summed E-state index contributed by atoms with van der Waals surface area (Å²) in [6, 6.07) is 4.45. The summed E-state index contributed by atoms with van der Waals surface area (Å²) in [5.74, 6) is 0.420. The van der Waals surface area contributed by atoms with E-state index in [0.29, 0.717) is 18.5 Å². The number of carbonyl (C=O) groups is 1. The smallest absolute Gasteiger partial charge is 0.225 e. The van der Waals surface area contributed by atoms with E-state index in [9.17, 15) is 9.18 Å². The molecule has 3 rings (SSSR count). The molecule has 22 heavy (non-hydrogen) atoms. The van der Waals surface area contributed by atoms with Crippen molar-refractivity contribution in [1.29, 1.82) is 0 Å². The molecular formula is C16H20FN3O2. The van der Waals surface area contributed by atoms with Crippen molar-refractivity contribution in [3.63, 3.8) is 0 Å². The van der Waals surface area contributed by atoms with Crippen molar-refractivity contribution in [3.8, 4) is 0 Å². The van der Waals surface area contributed by atoms with E-state index in [2.05, 4.69) is 15.3 Å². The summed E-state index contributed by atoms with van der Waals surface area (Å²) in [4.78, 5) is 19.6. The predicted octanol–water partition coefficient (Wildman–Crippen LogP) is 2.18. The second-order valence-corrected chi connectivity index (χ2v) is 5.71. The first kappa shape index (κ1) is 15.0. The van der Waals surface area contributed by atoms with E-state index in [-0.39, 0.29) is 23.7 Å². The standard InChI is InChI=1S/C16H20FN3O2/c1-10-12(3-2-8-22-10)16(21)18-7-6-15-19-13-5-4-11(17)9-14(13)20-15/h4-5,9-10,12H,2-3,6-8H2,1H3,(H,18,21)(H,19,20)/t10-,12+/m0/s1. The molecular weight excluding hydrogens is 285 g/mol. The number of benzene rings is 1. The molecule has 0 saturated carbocycles. The van der Waals surface area contributed by atoms with Gasteiger partial charge in [0.2, 0.25) is 5.91 Å². The van der Waals surface area contributed by atoms with E-state index in [1.54, 1.807) is 6.07 Å². The Labute approximate surface area is 128 Å². The highest BCUT2D eigenvalue weighted by molar-refractivity contribution is 5.79. The predicted molar refractivity (Wildman–Crippen MR) is 80.9 cm³/mol. The van der Waals surface area contributed by atoms with Gasteiger partial charge in [-0.15, -0.1) is 0 Å². The van der Waals surface area contributed by atoms with Gasteiger partial charge in [0.25, 0.3) is 0 Å². The van der Waals surface area contributed by atoms with Gasteiger partial charge >= 0.3 is 0 Å². The molecule has 2 heterocycles. The van der Waals surface area contributed by atoms with Crippen molar-refractivity contribution < 1.29 is 13.9 Å². The molecule has 2 atom stereocenters. The molecule has 0 bridgehead atoms. The Morgan fingerprint density at radius 3 is 3.23 bits per heavy atom. The maximum absolute atomic E-state index is 13.1. The minimum absolute atomic E-state index is 0.0251. The molecule has 1 aliphatic rings. The Balaban J connectivity index is 1.54. The SMILES string of the molecule is C[C@@H]1OCCC[C@H]1C(=O)NCCc1nc2ccc(F)cc2[nH]1. The van der Waals surface area contributed by atoms with E-state index in [1.807, 2.05) is 6.92 Å². The number of H-pyrrole nitrogens is 1. The van der Waals surface area contributed by atoms with Gasteiger partial charge in [0.05, 0.1) is 23.1 Å². The van der Waals surface area contributed by atoms with Crippen LogP contribution >= 0.6 is 0 Å². The largest absolute Gasteiger partial charge is 0.378 e. The number of hydrogen-bond acceptors (Lipinski definition) is 3. The number of hydrogen-bond donors (Lipinski definition) is 2. The van der Waals surface area contributed by atoms with E-state index in [4.69, 9.17) is 4.74 Å². The van der Waals surface area contributed by atoms with Crippen LogP contribution in [0.1, 0.15) is 25.6 Å². The molecule has 1 aliphatic heterocycles. The average Bonchev–Trinajstić information content (AvgIpc) is 2.89.